The lowest BCUT2D eigenvalue weighted by Crippen LogP contribution is -2.48. The number of nitrogens with one attached hydrogen (secondary N) is 2. The Balaban J connectivity index is 2.65. The first-order chi connectivity index (χ1) is 7.83. The molecule has 0 unspecified atom stereocenters. The van der Waals surface area contributed by atoms with Crippen LogP contribution in [0.4, 0.5) is 0 Å². The second kappa shape index (κ2) is 5.14. The number of hydrogen-bond acceptors (Lipinski definition) is 3. The van der Waals surface area contributed by atoms with Crippen molar-refractivity contribution in [3.63, 3.8) is 0 Å². The fraction of sp³-hybridized carbons (Fsp3) is 0.500. The molecule has 0 aliphatic rings. The van der Waals surface area contributed by atoms with Gasteiger partial charge in [-0.2, -0.15) is 0 Å². The first-order valence-corrected chi connectivity index (χ1v) is 5.47. The van der Waals surface area contributed by atoms with Crippen LogP contribution in [0.1, 0.15) is 24.2 Å². The minimum Gasteiger partial charge on any atom is -0.350 e. The molecule has 0 saturated carbocycles. The van der Waals surface area contributed by atoms with Gasteiger partial charge in [-0.05, 0) is 34.0 Å². The number of pyridine rings is 1. The Kier molecular flexibility index (Phi) is 4.07. The summed E-state index contributed by atoms with van der Waals surface area (Å²) in [5.74, 6) is -0.231. The van der Waals surface area contributed by atoms with Gasteiger partial charge in [0.1, 0.15) is 0 Å². The number of aromatic nitrogens is 1. The lowest BCUT2D eigenvalue weighted by molar-refractivity contribution is 0.0919. The van der Waals surface area contributed by atoms with Crippen LogP contribution in [0.2, 0.25) is 0 Å². The molecule has 0 spiro atoms. The first kappa shape index (κ1) is 13.4. The Morgan fingerprint density at radius 3 is 2.65 bits per heavy atom. The van der Waals surface area contributed by atoms with Crippen LogP contribution in [-0.4, -0.2) is 42.0 Å². The van der Waals surface area contributed by atoms with E-state index >= 15 is 0 Å². The number of H-pyrrole nitrogens is 1. The standard InChI is InChI=1S/C12H19N3O2/c1-12(2,15(3)4)8-14-11(17)9-5-6-13-10(16)7-9/h5-7H,8H2,1-4H3,(H,13,16)(H,14,17). The van der Waals surface area contributed by atoms with Gasteiger partial charge in [0.25, 0.3) is 5.91 Å². The molecule has 1 aromatic heterocycles. The average Bonchev–Trinajstić information content (AvgIpc) is 2.25. The normalized spacial score (nSPS) is 11.6. The van der Waals surface area contributed by atoms with Crippen molar-refractivity contribution in [1.29, 1.82) is 0 Å². The summed E-state index contributed by atoms with van der Waals surface area (Å²) in [5, 5.41) is 2.81. The van der Waals surface area contributed by atoms with Gasteiger partial charge in [-0.15, -0.1) is 0 Å². The molecule has 17 heavy (non-hydrogen) atoms. The molecule has 5 heteroatoms. The lowest BCUT2D eigenvalue weighted by Gasteiger charge is -2.32. The van der Waals surface area contributed by atoms with Gasteiger partial charge in [-0.1, -0.05) is 0 Å². The molecular formula is C12H19N3O2. The van der Waals surface area contributed by atoms with Gasteiger partial charge in [0, 0.05) is 29.9 Å². The fourth-order valence-corrected chi connectivity index (χ4v) is 1.14. The monoisotopic (exact) mass is 237 g/mol. The van der Waals surface area contributed by atoms with E-state index in [9.17, 15) is 9.59 Å². The number of likely N-dealkylation sites (N-methyl/N-ethyl adjacent to an activating group) is 1. The van der Waals surface area contributed by atoms with Gasteiger partial charge in [0.05, 0.1) is 0 Å². The topological polar surface area (TPSA) is 65.2 Å². The highest BCUT2D eigenvalue weighted by atomic mass is 16.2. The van der Waals surface area contributed by atoms with Gasteiger partial charge in [0.15, 0.2) is 0 Å². The smallest absolute Gasteiger partial charge is 0.251 e. The summed E-state index contributed by atoms with van der Waals surface area (Å²) >= 11 is 0. The Bertz CT molecular complexity index is 449. The number of hydrogen-bond donors (Lipinski definition) is 2. The zero-order chi connectivity index (χ0) is 13.1. The zero-order valence-corrected chi connectivity index (χ0v) is 10.7. The van der Waals surface area contributed by atoms with Crippen LogP contribution >= 0.6 is 0 Å². The van der Waals surface area contributed by atoms with Crippen molar-refractivity contribution in [3.05, 3.63) is 34.2 Å². The van der Waals surface area contributed by atoms with Crippen molar-refractivity contribution < 1.29 is 4.79 Å². The zero-order valence-electron chi connectivity index (χ0n) is 10.7. The van der Waals surface area contributed by atoms with E-state index in [1.165, 1.54) is 12.3 Å². The molecule has 0 aliphatic carbocycles. The third kappa shape index (κ3) is 3.71. The van der Waals surface area contributed by atoms with Crippen molar-refractivity contribution in [2.45, 2.75) is 19.4 Å². The molecule has 0 fully saturated rings. The summed E-state index contributed by atoms with van der Waals surface area (Å²) < 4.78 is 0. The van der Waals surface area contributed by atoms with Crippen LogP contribution in [-0.2, 0) is 0 Å². The van der Waals surface area contributed by atoms with Crippen molar-refractivity contribution in [2.75, 3.05) is 20.6 Å². The maximum atomic E-state index is 11.8. The Morgan fingerprint density at radius 2 is 2.12 bits per heavy atom. The van der Waals surface area contributed by atoms with Crippen molar-refractivity contribution in [1.82, 2.24) is 15.2 Å². The predicted octanol–water partition coefficient (Wildman–Crippen LogP) is 0.445. The van der Waals surface area contributed by atoms with E-state index in [2.05, 4.69) is 10.3 Å². The summed E-state index contributed by atoms with van der Waals surface area (Å²) in [7, 11) is 3.92. The molecule has 1 heterocycles. The largest absolute Gasteiger partial charge is 0.350 e. The Labute approximate surface area is 101 Å². The molecule has 0 bridgehead atoms. The quantitative estimate of drug-likeness (QED) is 0.799. The summed E-state index contributed by atoms with van der Waals surface area (Å²) in [6.45, 7) is 4.59. The van der Waals surface area contributed by atoms with E-state index in [0.29, 0.717) is 12.1 Å². The molecule has 5 nitrogen and oxygen atoms in total. The van der Waals surface area contributed by atoms with Gasteiger partial charge < -0.3 is 15.2 Å². The van der Waals surface area contributed by atoms with Crippen molar-refractivity contribution in [2.24, 2.45) is 0 Å². The van der Waals surface area contributed by atoms with Crippen LogP contribution in [0.25, 0.3) is 0 Å². The minimum absolute atomic E-state index is 0.128. The second-order valence-corrected chi connectivity index (χ2v) is 4.83. The Morgan fingerprint density at radius 1 is 1.47 bits per heavy atom. The molecule has 94 valence electrons. The van der Waals surface area contributed by atoms with E-state index < -0.39 is 0 Å². The first-order valence-electron chi connectivity index (χ1n) is 5.47. The fourth-order valence-electron chi connectivity index (χ4n) is 1.14. The maximum absolute atomic E-state index is 11.8. The number of carbonyl (C=O) groups is 1. The molecule has 0 saturated heterocycles. The summed E-state index contributed by atoms with van der Waals surface area (Å²) in [4.78, 5) is 27.4. The average molecular weight is 237 g/mol. The highest BCUT2D eigenvalue weighted by molar-refractivity contribution is 5.93. The van der Waals surface area contributed by atoms with Crippen LogP contribution in [0.15, 0.2) is 23.1 Å². The van der Waals surface area contributed by atoms with Gasteiger partial charge >= 0.3 is 0 Å². The summed E-state index contributed by atoms with van der Waals surface area (Å²) in [6, 6.07) is 2.87. The van der Waals surface area contributed by atoms with Gasteiger partial charge in [-0.3, -0.25) is 9.59 Å². The van der Waals surface area contributed by atoms with Crippen LogP contribution in [0, 0.1) is 0 Å². The lowest BCUT2D eigenvalue weighted by atomic mass is 10.0. The van der Waals surface area contributed by atoms with E-state index in [-0.39, 0.29) is 17.0 Å². The van der Waals surface area contributed by atoms with Gasteiger partial charge in [-0.25, -0.2) is 0 Å². The highest BCUT2D eigenvalue weighted by Gasteiger charge is 2.21. The molecule has 1 rings (SSSR count). The van der Waals surface area contributed by atoms with Crippen LogP contribution in [0.3, 0.4) is 0 Å². The summed E-state index contributed by atoms with van der Waals surface area (Å²) in [6.07, 6.45) is 1.47. The molecular weight excluding hydrogens is 218 g/mol. The Hall–Kier alpha value is -1.62. The maximum Gasteiger partial charge on any atom is 0.251 e. The molecule has 0 atom stereocenters. The summed E-state index contributed by atoms with van der Waals surface area (Å²) in [5.41, 5.74) is -0.0236. The molecule has 2 N–H and O–H groups in total. The minimum atomic E-state index is -0.274. The molecule has 1 aromatic rings. The second-order valence-electron chi connectivity index (χ2n) is 4.83. The number of carbonyl (C=O) groups excluding carboxylic acids is 1. The predicted molar refractivity (Wildman–Crippen MR) is 67.2 cm³/mol. The van der Waals surface area contributed by atoms with E-state index in [0.717, 1.165) is 0 Å². The van der Waals surface area contributed by atoms with Crippen LogP contribution in [0.5, 0.6) is 0 Å². The third-order valence-corrected chi connectivity index (χ3v) is 2.93. The van der Waals surface area contributed by atoms with Crippen molar-refractivity contribution >= 4 is 5.91 Å². The molecule has 0 aliphatic heterocycles. The number of amides is 1. The number of nitrogens with zero attached hydrogens (tertiary/aromatic N) is 1. The SMILES string of the molecule is CN(C)C(C)(C)CNC(=O)c1cc[nH]c(=O)c1. The number of aromatic amines is 1. The third-order valence-electron chi connectivity index (χ3n) is 2.93. The van der Waals surface area contributed by atoms with E-state index in [1.54, 1.807) is 6.07 Å². The molecule has 0 aromatic carbocycles. The van der Waals surface area contributed by atoms with Crippen molar-refractivity contribution in [3.8, 4) is 0 Å². The molecule has 0 radical (unpaired) electrons. The van der Waals surface area contributed by atoms with E-state index in [1.807, 2.05) is 32.8 Å². The van der Waals surface area contributed by atoms with Crippen LogP contribution < -0.4 is 10.9 Å². The molecule has 1 amide bonds. The van der Waals surface area contributed by atoms with E-state index in [4.69, 9.17) is 0 Å². The number of rotatable bonds is 4. The highest BCUT2D eigenvalue weighted by Crippen LogP contribution is 2.08. The van der Waals surface area contributed by atoms with Gasteiger partial charge in [0.2, 0.25) is 5.56 Å².